The molecule has 4 aromatic heterocycles. The molecule has 4 heterocycles. The fourth-order valence-corrected chi connectivity index (χ4v) is 5.17. The summed E-state index contributed by atoms with van der Waals surface area (Å²) >= 11 is 12.2. The van der Waals surface area contributed by atoms with Crippen LogP contribution in [-0.4, -0.2) is 41.9 Å². The fraction of sp³-hybridized carbons (Fsp3) is 0.0769. The minimum absolute atomic E-state index is 0.0825. The van der Waals surface area contributed by atoms with E-state index in [1.54, 1.807) is 47.8 Å². The van der Waals surface area contributed by atoms with Gasteiger partial charge in [0.2, 0.25) is 19.8 Å². The molecule has 0 N–H and O–H groups in total. The highest BCUT2D eigenvalue weighted by Gasteiger charge is 2.24. The van der Waals surface area contributed by atoms with Crippen LogP contribution >= 0.6 is 23.2 Å². The number of nitriles is 1. The zero-order chi connectivity index (χ0) is 27.6. The standard InChI is InChI=1S/C26H12B3Cl2N6O2/c1-11-20-21(24(36(11)28)22(33-3)26-35-17-9-14(31)5-7-19(17)39-26)12(2)37(29-27)23(20)15(10-32)25-34-16-8-13(30)4-6-18(16)38-25/h4-9H,1-2H3/b23-15-,24-22+. The first-order chi connectivity index (χ1) is 18.8. The Morgan fingerprint density at radius 3 is 2.10 bits per heavy atom. The van der Waals surface area contributed by atoms with E-state index >= 15 is 0 Å². The molecule has 0 spiro atoms. The van der Waals surface area contributed by atoms with Crippen molar-refractivity contribution in [3.05, 3.63) is 91.7 Å². The molecular formula is C26H12B3Cl2N6O2. The van der Waals surface area contributed by atoms with E-state index in [2.05, 4.69) is 20.9 Å². The van der Waals surface area contributed by atoms with Crippen molar-refractivity contribution in [2.45, 2.75) is 13.8 Å². The monoisotopic (exact) mass is 543 g/mol. The Morgan fingerprint density at radius 2 is 1.54 bits per heavy atom. The number of benzene rings is 2. The molecule has 0 bridgehead atoms. The number of fused-ring (bicyclic) bond motifs is 3. The minimum atomic E-state index is 0.0825. The van der Waals surface area contributed by atoms with Crippen molar-refractivity contribution in [2.75, 3.05) is 0 Å². The van der Waals surface area contributed by atoms with Crippen molar-refractivity contribution in [3.8, 4) is 6.07 Å². The lowest BCUT2D eigenvalue weighted by Crippen LogP contribution is -2.27. The van der Waals surface area contributed by atoms with Crippen LogP contribution in [0.4, 0.5) is 0 Å². The van der Waals surface area contributed by atoms with Gasteiger partial charge in [0.1, 0.15) is 22.7 Å². The van der Waals surface area contributed by atoms with Crippen molar-refractivity contribution in [3.63, 3.8) is 0 Å². The summed E-state index contributed by atoms with van der Waals surface area (Å²) in [6.07, 6.45) is 0. The number of hydrogen-bond donors (Lipinski definition) is 0. The van der Waals surface area contributed by atoms with Crippen LogP contribution in [-0.2, 0) is 0 Å². The van der Waals surface area contributed by atoms with Crippen LogP contribution in [0.1, 0.15) is 23.2 Å². The van der Waals surface area contributed by atoms with E-state index in [1.165, 1.54) is 11.8 Å². The second-order valence-corrected chi connectivity index (χ2v) is 9.59. The largest absolute Gasteiger partial charge is 0.447 e. The Labute approximate surface area is 234 Å². The number of aromatic nitrogens is 4. The molecule has 0 saturated heterocycles. The van der Waals surface area contributed by atoms with Crippen molar-refractivity contribution in [2.24, 2.45) is 0 Å². The summed E-state index contributed by atoms with van der Waals surface area (Å²) in [7, 11) is 13.9. The molecule has 13 heteroatoms. The number of oxazole rings is 2. The number of hydrogen-bond acceptors (Lipinski definition) is 5. The van der Waals surface area contributed by atoms with Gasteiger partial charge in [-0.3, -0.25) is 0 Å². The third-order valence-electron chi connectivity index (χ3n) is 6.60. The summed E-state index contributed by atoms with van der Waals surface area (Å²) in [5.41, 5.74) is 3.37. The molecule has 5 radical (unpaired) electrons. The van der Waals surface area contributed by atoms with Gasteiger partial charge >= 0.3 is 0 Å². The summed E-state index contributed by atoms with van der Waals surface area (Å²) in [5, 5.41) is 13.3. The summed E-state index contributed by atoms with van der Waals surface area (Å²) in [4.78, 5) is 12.7. The molecular weight excluding hydrogens is 532 g/mol. The van der Waals surface area contributed by atoms with Gasteiger partial charge in [0.25, 0.3) is 5.70 Å². The van der Waals surface area contributed by atoms with Crippen LogP contribution in [0.15, 0.2) is 45.2 Å². The maximum absolute atomic E-state index is 10.3. The number of rotatable bonds is 3. The molecule has 6 rings (SSSR count). The number of nitrogens with zero attached hydrogens (tertiary/aromatic N) is 6. The highest BCUT2D eigenvalue weighted by atomic mass is 35.5. The molecule has 0 unspecified atom stereocenters. The van der Waals surface area contributed by atoms with E-state index in [0.29, 0.717) is 65.1 Å². The maximum atomic E-state index is 10.3. The third-order valence-corrected chi connectivity index (χ3v) is 7.07. The van der Waals surface area contributed by atoms with Crippen molar-refractivity contribution >= 4 is 90.5 Å². The molecule has 0 aliphatic heterocycles. The van der Waals surface area contributed by atoms with Gasteiger partial charge in [-0.05, 0) is 50.2 Å². The average Bonchev–Trinajstić information content (AvgIpc) is 3.64. The summed E-state index contributed by atoms with van der Waals surface area (Å²) in [6, 6.07) is 12.2. The molecule has 0 aliphatic carbocycles. The van der Waals surface area contributed by atoms with E-state index in [0.717, 1.165) is 0 Å². The van der Waals surface area contributed by atoms with Gasteiger partial charge in [0.15, 0.2) is 18.5 Å². The molecule has 2 aromatic carbocycles. The Bertz CT molecular complexity index is 2210. The predicted molar refractivity (Wildman–Crippen MR) is 152 cm³/mol. The zero-order valence-electron chi connectivity index (χ0n) is 20.5. The van der Waals surface area contributed by atoms with Gasteiger partial charge < -0.3 is 17.8 Å². The third kappa shape index (κ3) is 3.70. The lowest BCUT2D eigenvalue weighted by Gasteiger charge is -2.07. The number of aryl methyl sites for hydroxylation is 2. The quantitative estimate of drug-likeness (QED) is 0.249. The fourth-order valence-electron chi connectivity index (χ4n) is 4.84. The van der Waals surface area contributed by atoms with Gasteiger partial charge in [-0.25, -0.2) is 14.8 Å². The smallest absolute Gasteiger partial charge is 0.269 e. The Morgan fingerprint density at radius 1 is 0.974 bits per heavy atom. The second kappa shape index (κ2) is 9.16. The van der Waals surface area contributed by atoms with E-state index in [9.17, 15) is 5.26 Å². The first-order valence-corrected chi connectivity index (χ1v) is 12.2. The lowest BCUT2D eigenvalue weighted by molar-refractivity contribution is 0.584. The van der Waals surface area contributed by atoms with Crippen LogP contribution in [0.25, 0.3) is 49.1 Å². The van der Waals surface area contributed by atoms with E-state index in [-0.39, 0.29) is 23.1 Å². The van der Waals surface area contributed by atoms with E-state index < -0.39 is 0 Å². The van der Waals surface area contributed by atoms with Gasteiger partial charge in [-0.15, -0.1) is 0 Å². The van der Waals surface area contributed by atoms with Gasteiger partial charge in [-0.1, -0.05) is 23.2 Å². The Balaban J connectivity index is 1.77. The highest BCUT2D eigenvalue weighted by Crippen LogP contribution is 2.27. The molecule has 8 nitrogen and oxygen atoms in total. The summed E-state index contributed by atoms with van der Waals surface area (Å²) < 4.78 is 14.9. The van der Waals surface area contributed by atoms with Gasteiger partial charge in [0.05, 0.1) is 11.9 Å². The summed E-state index contributed by atoms with van der Waals surface area (Å²) in [6.45, 7) is 11.6. The van der Waals surface area contributed by atoms with Crippen molar-refractivity contribution < 1.29 is 8.83 Å². The molecule has 0 amide bonds. The Hall–Kier alpha value is -4.31. The topological polar surface area (TPSA) is 90.1 Å². The first-order valence-electron chi connectivity index (χ1n) is 11.5. The van der Waals surface area contributed by atoms with Crippen LogP contribution in [0.3, 0.4) is 0 Å². The molecule has 39 heavy (non-hydrogen) atoms. The molecule has 0 aliphatic rings. The maximum Gasteiger partial charge on any atom is 0.269 e. The highest BCUT2D eigenvalue weighted by molar-refractivity contribution is 6.88. The normalized spacial score (nSPS) is 13.1. The van der Waals surface area contributed by atoms with Crippen molar-refractivity contribution in [1.29, 1.82) is 5.26 Å². The minimum Gasteiger partial charge on any atom is -0.447 e. The van der Waals surface area contributed by atoms with E-state index in [4.69, 9.17) is 54.3 Å². The SMILES string of the molecule is [B][B]n1c(C)c2/c(=C(\[N+]#[C-])c3nc4cc(Cl)ccc4o3)n([B])c(C)c2/c1=C(\C#N)c1nc2cc(Cl)ccc2o1. The molecule has 6 aromatic rings. The van der Waals surface area contributed by atoms with Gasteiger partial charge in [-0.2, -0.15) is 5.26 Å². The Kier molecular flexibility index (Phi) is 5.87. The molecule has 181 valence electrons. The van der Waals surface area contributed by atoms with Gasteiger partial charge in [0, 0.05) is 45.3 Å². The zero-order valence-corrected chi connectivity index (χ0v) is 22.0. The van der Waals surface area contributed by atoms with Crippen LogP contribution < -0.4 is 10.7 Å². The number of halogens is 2. The second-order valence-electron chi connectivity index (χ2n) is 8.72. The molecule has 0 atom stereocenters. The van der Waals surface area contributed by atoms with E-state index in [1.807, 2.05) is 6.92 Å². The first kappa shape index (κ1) is 25.0. The average molecular weight is 544 g/mol. The molecule has 0 fully saturated rings. The lowest BCUT2D eigenvalue weighted by atomic mass is 9.66. The predicted octanol–water partition coefficient (Wildman–Crippen LogP) is 3.93. The summed E-state index contributed by atoms with van der Waals surface area (Å²) in [5.74, 6) is 0.173. The van der Waals surface area contributed by atoms with Crippen molar-refractivity contribution in [1.82, 2.24) is 18.9 Å². The van der Waals surface area contributed by atoms with Crippen LogP contribution in [0.5, 0.6) is 0 Å². The van der Waals surface area contributed by atoms with Crippen LogP contribution in [0.2, 0.25) is 10.0 Å². The van der Waals surface area contributed by atoms with Crippen LogP contribution in [0, 0.1) is 31.8 Å². The molecule has 0 saturated carbocycles.